The van der Waals surface area contributed by atoms with E-state index in [9.17, 15) is 58.5 Å². The minimum atomic E-state index is -1.91. The van der Waals surface area contributed by atoms with Crippen molar-refractivity contribution in [2.24, 2.45) is 17.6 Å². The average Bonchev–Trinajstić information content (AvgIpc) is 1.81. The highest BCUT2D eigenvalue weighted by Crippen LogP contribution is 2.25. The molecule has 11 unspecified atom stereocenters. The van der Waals surface area contributed by atoms with E-state index in [0.29, 0.717) is 57.3 Å². The summed E-state index contributed by atoms with van der Waals surface area (Å²) in [4.78, 5) is 247. The third kappa shape index (κ3) is 30.0. The van der Waals surface area contributed by atoms with Gasteiger partial charge in [-0.1, -0.05) is 151 Å². The molecule has 128 heavy (non-hydrogen) atoms. The second-order valence-electron chi connectivity index (χ2n) is 32.6. The Balaban J connectivity index is 1.21. The first-order valence-electron chi connectivity index (χ1n) is 42.0. The highest BCUT2D eigenvalue weighted by molar-refractivity contribution is 8.00. The third-order valence-corrected chi connectivity index (χ3v) is 23.3. The Morgan fingerprint density at radius 3 is 1.56 bits per heavy atom. The maximum absolute atomic E-state index is 15.5. The van der Waals surface area contributed by atoms with Gasteiger partial charge in [-0.3, -0.25) is 76.7 Å². The molecule has 36 nitrogen and oxygen atoms in total. The molecule has 1 fully saturated rings. The summed E-state index contributed by atoms with van der Waals surface area (Å²) >= 11 is 2.02. The van der Waals surface area contributed by atoms with Crippen molar-refractivity contribution >= 4 is 129 Å². The van der Waals surface area contributed by atoms with Gasteiger partial charge < -0.3 is 98.4 Å². The van der Waals surface area contributed by atoms with Crippen molar-refractivity contribution in [3.8, 4) is 11.5 Å². The fourth-order valence-electron chi connectivity index (χ4n) is 14.6. The number of aromatic hydroxyl groups is 2. The number of carboxylic acids is 1. The summed E-state index contributed by atoms with van der Waals surface area (Å²) < 4.78 is 0. The van der Waals surface area contributed by atoms with Gasteiger partial charge >= 0.3 is 5.97 Å². The van der Waals surface area contributed by atoms with E-state index in [1.54, 1.807) is 124 Å². The van der Waals surface area contributed by atoms with Gasteiger partial charge in [0, 0.05) is 102 Å². The molecule has 11 atom stereocenters. The first kappa shape index (κ1) is 100. The van der Waals surface area contributed by atoms with Crippen LogP contribution in [-0.2, 0) is 115 Å². The molecule has 1 aliphatic heterocycles. The summed E-state index contributed by atoms with van der Waals surface area (Å²) in [6, 6.07) is 18.5. The molecule has 0 radical (unpaired) electrons. The smallest absolute Gasteiger partial charge is 0.305 e. The van der Waals surface area contributed by atoms with Gasteiger partial charge in [-0.05, 0) is 82.8 Å². The molecule has 1 aliphatic rings. The number of nitrogens with two attached hydrogens (primary N) is 1. The topological polar surface area (TPSA) is 513 Å². The van der Waals surface area contributed by atoms with Crippen LogP contribution in [0.25, 0.3) is 10.9 Å². The normalized spacial score (nSPS) is 22.0. The number of phenolic OH excluding ortho intramolecular Hbond substituents is 2. The van der Waals surface area contributed by atoms with Crippen LogP contribution in [0.5, 0.6) is 11.5 Å². The SMILES string of the molecule is CCCCC1C(=O)N(C)CC(=O)NC(CC(=O)O)C(=O)NC(C(C)C)C(=O)N(C)C(Cc2ccccc2)C(=O)NC(Cc2ccc(O)cc2)C(=O)N(C)CC(=O)NC(Cc2c[nH]c3ccccc23)C(=O)NC(Cc2ccc(O)cc2)C(=O)NC(CC(C)C)C(=O)NC(C(=O)NCC(N)=O)CSCC(=O)NC(Cc2cscn2)C(=O)N(C)C(Cc2ccccc2)C(=O)N1C. The number of carbonyl (C=O) groups is 16. The number of thioether (sulfide) groups is 1. The molecular formula is C90H115N17O19S2. The van der Waals surface area contributed by atoms with Crippen molar-refractivity contribution in [2.45, 2.75) is 172 Å². The van der Waals surface area contributed by atoms with Crippen LogP contribution in [0.15, 0.2) is 151 Å². The third-order valence-electron chi connectivity index (χ3n) is 21.7. The number of carboxylic acid groups (broad SMARTS) is 1. The quantitative estimate of drug-likeness (QED) is 0.0434. The number of unbranched alkanes of at least 4 members (excludes halogenated alkanes) is 1. The molecule has 7 aromatic rings. The number of fused-ring (bicyclic) bond motifs is 1. The number of nitrogens with zero attached hydrogens (tertiary/aromatic N) is 6. The van der Waals surface area contributed by atoms with Gasteiger partial charge in [0.15, 0.2) is 0 Å². The molecule has 5 aromatic carbocycles. The van der Waals surface area contributed by atoms with Crippen molar-refractivity contribution in [3.63, 3.8) is 0 Å². The number of aromatic nitrogens is 2. The summed E-state index contributed by atoms with van der Waals surface area (Å²) in [5.74, 6) is -17.6. The Labute approximate surface area is 750 Å². The van der Waals surface area contributed by atoms with E-state index in [0.717, 1.165) is 36.3 Å². The van der Waals surface area contributed by atoms with Crippen LogP contribution >= 0.6 is 23.1 Å². The fourth-order valence-corrected chi connectivity index (χ4v) is 16.1. The summed E-state index contributed by atoms with van der Waals surface area (Å²) in [5.41, 5.74) is 10.4. The number of rotatable bonds is 23. The van der Waals surface area contributed by atoms with Crippen molar-refractivity contribution < 1.29 is 92.0 Å². The van der Waals surface area contributed by atoms with Crippen molar-refractivity contribution in [2.75, 3.05) is 66.4 Å². The van der Waals surface area contributed by atoms with Crippen molar-refractivity contribution in [1.29, 1.82) is 0 Å². The summed E-state index contributed by atoms with van der Waals surface area (Å²) in [5, 5.41) is 57.1. The number of phenols is 2. The molecule has 15 N–H and O–H groups in total. The Bertz CT molecular complexity index is 5030. The molecule has 1 saturated heterocycles. The van der Waals surface area contributed by atoms with Gasteiger partial charge in [0.05, 0.1) is 43.0 Å². The zero-order chi connectivity index (χ0) is 93.6. The number of primary amides is 1. The summed E-state index contributed by atoms with van der Waals surface area (Å²) in [6.07, 6.45) is -0.0170. The molecule has 686 valence electrons. The molecule has 0 saturated carbocycles. The number of hydrogen-bond donors (Lipinski definition) is 14. The maximum Gasteiger partial charge on any atom is 0.305 e. The number of likely N-dealkylation sites (N-methyl/N-ethyl adjacent to an activating group) is 5. The van der Waals surface area contributed by atoms with Crippen LogP contribution in [0.3, 0.4) is 0 Å². The van der Waals surface area contributed by atoms with Crippen molar-refractivity contribution in [1.82, 2.24) is 82.3 Å². The molecule has 8 rings (SSSR count). The number of thiazole rings is 1. The molecule has 0 bridgehead atoms. The number of hydrogen-bond acceptors (Lipinski definition) is 21. The van der Waals surface area contributed by atoms with Gasteiger partial charge in [-0.2, -0.15) is 0 Å². The monoisotopic (exact) mass is 1800 g/mol. The average molecular weight is 1800 g/mol. The van der Waals surface area contributed by atoms with E-state index in [1.807, 2.05) is 6.92 Å². The van der Waals surface area contributed by atoms with Crippen LogP contribution in [0.2, 0.25) is 0 Å². The first-order valence-corrected chi connectivity index (χ1v) is 44.1. The number of benzene rings is 5. The van der Waals surface area contributed by atoms with E-state index in [4.69, 9.17) is 5.73 Å². The Morgan fingerprint density at radius 2 is 1.00 bits per heavy atom. The van der Waals surface area contributed by atoms with E-state index in [2.05, 4.69) is 57.8 Å². The highest BCUT2D eigenvalue weighted by atomic mass is 32.2. The predicted octanol–water partition coefficient (Wildman–Crippen LogP) is 1.78. The fraction of sp³-hybridized carbons (Fsp3) is 0.433. The largest absolute Gasteiger partial charge is 0.508 e. The molecule has 3 heterocycles. The molecule has 2 aromatic heterocycles. The standard InChI is InChI=1S/C90H115N17O19S2/c1-11-12-27-71-88(124)104(7)47-76(112)96-67(43-78(114)115)84(120)102-79(53(4)5)90(126)106(9)72(39-54-21-15-13-16-22-54)85(121)100-68(38-57-30-34-61(109)35-31-57)86(122)103(6)46-75(111)95-66(41-58-44-92-63-26-20-19-25-62(58)63)83(119)99-65(37-56-28-32-60(108)33-29-56)82(118)98-64(36-52(2)3)81(117)101-70(80(116)93-45-74(91)110)49-127-50-77(113)97-69(42-59-48-128-51-94-59)87(123)107(10)73(89(125)105(71)8)40-55-23-17-14-18-24-55/h13-26,28-35,44,48,51-53,64-73,79,92,108-109H,11-12,27,36-43,45-47,49-50H2,1-10H3,(H2,91,110)(H,93,116)(H,95,111)(H,96,112)(H,97,113)(H,98,118)(H,99,119)(H,100,121)(H,101,117)(H,102,120)(H,114,115). The number of para-hydroxylation sites is 1. The van der Waals surface area contributed by atoms with Gasteiger partial charge in [0.1, 0.15) is 78.0 Å². The molecule has 15 amide bonds. The zero-order valence-corrected chi connectivity index (χ0v) is 74.8. The van der Waals surface area contributed by atoms with E-state index in [-0.39, 0.29) is 68.8 Å². The number of carbonyl (C=O) groups excluding carboxylic acids is 15. The molecule has 0 spiro atoms. The van der Waals surface area contributed by atoms with Crippen LogP contribution in [0.1, 0.15) is 100 Å². The van der Waals surface area contributed by atoms with E-state index < -0.39 is 205 Å². The highest BCUT2D eigenvalue weighted by Gasteiger charge is 2.42. The molecule has 0 aliphatic carbocycles. The van der Waals surface area contributed by atoms with Crippen LogP contribution < -0.4 is 53.6 Å². The predicted molar refractivity (Wildman–Crippen MR) is 478 cm³/mol. The number of nitrogens with one attached hydrogen (secondary N) is 10. The minimum absolute atomic E-state index is 0.0258. The van der Waals surface area contributed by atoms with Crippen LogP contribution in [0, 0.1) is 11.8 Å². The first-order chi connectivity index (χ1) is 60.9. The zero-order valence-electron chi connectivity index (χ0n) is 73.2. The number of aromatic amines is 1. The van der Waals surface area contributed by atoms with Crippen LogP contribution in [0.4, 0.5) is 0 Å². The lowest BCUT2D eigenvalue weighted by molar-refractivity contribution is -0.151. The van der Waals surface area contributed by atoms with Gasteiger partial charge in [0.2, 0.25) is 88.6 Å². The Hall–Kier alpha value is -13.3. The van der Waals surface area contributed by atoms with Gasteiger partial charge in [-0.15, -0.1) is 23.1 Å². The minimum Gasteiger partial charge on any atom is -0.508 e. The maximum atomic E-state index is 15.5. The number of aliphatic carboxylic acids is 1. The second kappa shape index (κ2) is 48.4. The molecular weight excluding hydrogens is 1690 g/mol. The lowest BCUT2D eigenvalue weighted by Gasteiger charge is -2.37. The molecule has 38 heteroatoms. The summed E-state index contributed by atoms with van der Waals surface area (Å²) in [6.45, 7) is 6.15. The summed E-state index contributed by atoms with van der Waals surface area (Å²) in [7, 11) is 6.50. The van der Waals surface area contributed by atoms with Gasteiger partial charge in [0.25, 0.3) is 0 Å². The van der Waals surface area contributed by atoms with Crippen LogP contribution in [-0.4, -0.2) is 277 Å². The van der Waals surface area contributed by atoms with E-state index in [1.165, 1.54) is 101 Å². The van der Waals surface area contributed by atoms with Crippen molar-refractivity contribution in [3.05, 3.63) is 184 Å². The Morgan fingerprint density at radius 1 is 0.508 bits per heavy atom. The Kier molecular flexibility index (Phi) is 37.9. The van der Waals surface area contributed by atoms with E-state index >= 15 is 33.6 Å². The lowest BCUT2D eigenvalue weighted by Crippen LogP contribution is -2.61. The van der Waals surface area contributed by atoms with Gasteiger partial charge in [-0.25, -0.2) is 4.98 Å². The second-order valence-corrected chi connectivity index (χ2v) is 34.3. The number of H-pyrrole nitrogens is 1. The lowest BCUT2D eigenvalue weighted by atomic mass is 9.98. The number of amides is 15.